The molecule has 0 aromatic carbocycles. The third-order valence-corrected chi connectivity index (χ3v) is 3.00. The predicted octanol–water partition coefficient (Wildman–Crippen LogP) is 2.55. The molecule has 106 valence electrons. The van der Waals surface area contributed by atoms with Crippen molar-refractivity contribution in [3.8, 4) is 23.6 Å². The molecule has 0 bridgehead atoms. The molecule has 3 heterocycles. The van der Waals surface area contributed by atoms with Gasteiger partial charge in [-0.1, -0.05) is 0 Å². The van der Waals surface area contributed by atoms with Crippen molar-refractivity contribution < 1.29 is 8.83 Å². The third kappa shape index (κ3) is 2.03. The van der Waals surface area contributed by atoms with E-state index in [1.54, 1.807) is 24.3 Å². The van der Waals surface area contributed by atoms with Crippen molar-refractivity contribution >= 4 is 12.0 Å². The van der Waals surface area contributed by atoms with Crippen LogP contribution in [0.4, 0.5) is 5.82 Å². The van der Waals surface area contributed by atoms with Crippen LogP contribution in [0.5, 0.6) is 0 Å². The minimum atomic E-state index is 0.0606. The summed E-state index contributed by atoms with van der Waals surface area (Å²) in [5, 5.41) is 22.8. The summed E-state index contributed by atoms with van der Waals surface area (Å²) in [7, 11) is 0. The maximum absolute atomic E-state index is 9.34. The molecule has 0 fully saturated rings. The highest BCUT2D eigenvalue weighted by molar-refractivity contribution is 5.79. The van der Waals surface area contributed by atoms with E-state index in [1.807, 2.05) is 12.1 Å². The van der Waals surface area contributed by atoms with E-state index in [-0.39, 0.29) is 16.9 Å². The molecule has 7 nitrogen and oxygen atoms in total. The molecule has 0 amide bonds. The van der Waals surface area contributed by atoms with Crippen LogP contribution in [0.3, 0.4) is 0 Å². The van der Waals surface area contributed by atoms with E-state index in [9.17, 15) is 10.5 Å². The number of hydrogen-bond donors (Lipinski definition) is 1. The van der Waals surface area contributed by atoms with Gasteiger partial charge in [0.2, 0.25) is 0 Å². The zero-order valence-electron chi connectivity index (χ0n) is 11.2. The van der Waals surface area contributed by atoms with Crippen molar-refractivity contribution in [1.29, 1.82) is 10.5 Å². The highest BCUT2D eigenvalue weighted by atomic mass is 16.3. The van der Waals surface area contributed by atoms with E-state index in [2.05, 4.69) is 5.10 Å². The summed E-state index contributed by atoms with van der Waals surface area (Å²) in [6.45, 7) is 0. The standard InChI is InChI=1S/C15H9N5O2/c16-7-11-12(8-17)15(18)20(14(11)13-4-2-6-22-13)19-9-10-3-1-5-21-10/h1-6,9H,18H2/b19-9+. The van der Waals surface area contributed by atoms with Gasteiger partial charge < -0.3 is 14.6 Å². The summed E-state index contributed by atoms with van der Waals surface area (Å²) in [4.78, 5) is 0. The minimum absolute atomic E-state index is 0.0606. The molecule has 0 atom stereocenters. The molecule has 0 aliphatic rings. The second kappa shape index (κ2) is 5.35. The largest absolute Gasteiger partial charge is 0.463 e. The van der Waals surface area contributed by atoms with E-state index in [0.717, 1.165) is 0 Å². The summed E-state index contributed by atoms with van der Waals surface area (Å²) in [6, 6.07) is 10.7. The first kappa shape index (κ1) is 13.3. The summed E-state index contributed by atoms with van der Waals surface area (Å²) in [5.74, 6) is 0.963. The van der Waals surface area contributed by atoms with Crippen molar-refractivity contribution in [3.63, 3.8) is 0 Å². The molecule has 7 heteroatoms. The van der Waals surface area contributed by atoms with Gasteiger partial charge >= 0.3 is 0 Å². The molecule has 0 spiro atoms. The fraction of sp³-hybridized carbons (Fsp3) is 0. The number of rotatable bonds is 3. The van der Waals surface area contributed by atoms with Gasteiger partial charge in [-0.15, -0.1) is 0 Å². The van der Waals surface area contributed by atoms with Crippen molar-refractivity contribution in [2.45, 2.75) is 0 Å². The number of anilines is 1. The van der Waals surface area contributed by atoms with Crippen molar-refractivity contribution in [2.24, 2.45) is 5.10 Å². The Bertz CT molecular complexity index is 903. The maximum atomic E-state index is 9.34. The van der Waals surface area contributed by atoms with Gasteiger partial charge in [-0.2, -0.15) is 15.6 Å². The SMILES string of the molecule is N#Cc1c(C#N)c(-c2ccco2)n(/N=C/c2ccco2)c1N. The lowest BCUT2D eigenvalue weighted by Gasteiger charge is -2.02. The van der Waals surface area contributed by atoms with Gasteiger partial charge in [0, 0.05) is 0 Å². The van der Waals surface area contributed by atoms with E-state index in [4.69, 9.17) is 14.6 Å². The Balaban J connectivity index is 2.23. The van der Waals surface area contributed by atoms with Gasteiger partial charge in [-0.3, -0.25) is 0 Å². The number of furan rings is 2. The molecule has 22 heavy (non-hydrogen) atoms. The van der Waals surface area contributed by atoms with Crippen LogP contribution in [-0.2, 0) is 0 Å². The van der Waals surface area contributed by atoms with Gasteiger partial charge in [0.15, 0.2) is 5.76 Å². The zero-order chi connectivity index (χ0) is 15.5. The number of nitriles is 2. The number of aromatic nitrogens is 1. The van der Waals surface area contributed by atoms with Crippen LogP contribution in [0.15, 0.2) is 50.7 Å². The van der Waals surface area contributed by atoms with Crippen LogP contribution < -0.4 is 5.73 Å². The van der Waals surface area contributed by atoms with Crippen LogP contribution >= 0.6 is 0 Å². The van der Waals surface area contributed by atoms with Crippen LogP contribution in [0.2, 0.25) is 0 Å². The van der Waals surface area contributed by atoms with E-state index in [0.29, 0.717) is 17.2 Å². The first-order valence-corrected chi connectivity index (χ1v) is 6.22. The predicted molar refractivity (Wildman–Crippen MR) is 77.7 cm³/mol. The molecular formula is C15H9N5O2. The fourth-order valence-electron chi connectivity index (χ4n) is 2.04. The first-order chi connectivity index (χ1) is 10.8. The third-order valence-electron chi connectivity index (χ3n) is 3.00. The molecule has 0 unspecified atom stereocenters. The highest BCUT2D eigenvalue weighted by Gasteiger charge is 2.24. The van der Waals surface area contributed by atoms with E-state index >= 15 is 0 Å². The number of nitrogens with zero attached hydrogens (tertiary/aromatic N) is 4. The Kier molecular flexibility index (Phi) is 3.23. The normalized spacial score (nSPS) is 10.6. The molecule has 0 aliphatic heterocycles. The van der Waals surface area contributed by atoms with E-state index in [1.165, 1.54) is 23.4 Å². The average molecular weight is 291 g/mol. The average Bonchev–Trinajstić information content (AvgIpc) is 3.25. The minimum Gasteiger partial charge on any atom is -0.463 e. The Hall–Kier alpha value is -3.71. The Morgan fingerprint density at radius 3 is 2.41 bits per heavy atom. The van der Waals surface area contributed by atoms with Gasteiger partial charge in [0.1, 0.15) is 40.5 Å². The summed E-state index contributed by atoms with van der Waals surface area (Å²) in [6.07, 6.45) is 4.41. The molecular weight excluding hydrogens is 282 g/mol. The summed E-state index contributed by atoms with van der Waals surface area (Å²) in [5.41, 5.74) is 6.44. The van der Waals surface area contributed by atoms with Gasteiger partial charge in [-0.25, -0.2) is 4.68 Å². The molecule has 3 aromatic rings. The molecule has 3 rings (SSSR count). The molecule has 3 aromatic heterocycles. The summed E-state index contributed by atoms with van der Waals surface area (Å²) >= 11 is 0. The van der Waals surface area contributed by atoms with Crippen LogP contribution in [-0.4, -0.2) is 10.9 Å². The molecule has 0 aliphatic carbocycles. The van der Waals surface area contributed by atoms with Crippen LogP contribution in [0, 0.1) is 22.7 Å². The molecule has 2 N–H and O–H groups in total. The second-order valence-electron chi connectivity index (χ2n) is 4.26. The second-order valence-corrected chi connectivity index (χ2v) is 4.26. The molecule has 0 saturated carbocycles. The van der Waals surface area contributed by atoms with Crippen molar-refractivity contribution in [2.75, 3.05) is 5.73 Å². The quantitative estimate of drug-likeness (QED) is 0.744. The first-order valence-electron chi connectivity index (χ1n) is 6.22. The maximum Gasteiger partial charge on any atom is 0.153 e. The lowest BCUT2D eigenvalue weighted by Crippen LogP contribution is -1.99. The van der Waals surface area contributed by atoms with Crippen molar-refractivity contribution in [1.82, 2.24) is 4.68 Å². The highest BCUT2D eigenvalue weighted by Crippen LogP contribution is 2.32. The Morgan fingerprint density at radius 1 is 1.09 bits per heavy atom. The lowest BCUT2D eigenvalue weighted by molar-refractivity contribution is 0.559. The fourth-order valence-corrected chi connectivity index (χ4v) is 2.04. The van der Waals surface area contributed by atoms with Gasteiger partial charge in [0.05, 0.1) is 18.7 Å². The van der Waals surface area contributed by atoms with Crippen LogP contribution in [0.25, 0.3) is 11.5 Å². The number of nitrogens with two attached hydrogens (primary N) is 1. The number of hydrogen-bond acceptors (Lipinski definition) is 6. The zero-order valence-corrected chi connectivity index (χ0v) is 11.2. The molecule has 0 saturated heterocycles. The lowest BCUT2D eigenvalue weighted by atomic mass is 10.1. The van der Waals surface area contributed by atoms with Gasteiger partial charge in [-0.05, 0) is 24.3 Å². The number of nitrogen functional groups attached to an aromatic ring is 1. The van der Waals surface area contributed by atoms with Gasteiger partial charge in [0.25, 0.3) is 0 Å². The topological polar surface area (TPSA) is 117 Å². The Morgan fingerprint density at radius 2 is 1.82 bits per heavy atom. The summed E-state index contributed by atoms with van der Waals surface area (Å²) < 4.78 is 11.8. The smallest absolute Gasteiger partial charge is 0.153 e. The molecule has 0 radical (unpaired) electrons. The Labute approximate surface area is 125 Å². The van der Waals surface area contributed by atoms with Crippen molar-refractivity contribution in [3.05, 3.63) is 53.7 Å². The van der Waals surface area contributed by atoms with Crippen LogP contribution in [0.1, 0.15) is 16.9 Å². The van der Waals surface area contributed by atoms with E-state index < -0.39 is 0 Å². The monoisotopic (exact) mass is 291 g/mol.